The Hall–Kier alpha value is -2.02. The van der Waals surface area contributed by atoms with Crippen molar-refractivity contribution in [1.29, 1.82) is 0 Å². The number of nitrogens with zero attached hydrogens (tertiary/aromatic N) is 2. The molecule has 0 bridgehead atoms. The second-order valence-electron chi connectivity index (χ2n) is 3.70. The van der Waals surface area contributed by atoms with Gasteiger partial charge < -0.3 is 0 Å². The number of anilines is 1. The van der Waals surface area contributed by atoms with Crippen molar-refractivity contribution >= 4 is 39.0 Å². The lowest BCUT2D eigenvalue weighted by molar-refractivity contribution is -0.384. The zero-order chi connectivity index (χ0) is 13.4. The number of benzene rings is 1. The van der Waals surface area contributed by atoms with Gasteiger partial charge in [-0.15, -0.1) is 0 Å². The molecule has 92 valence electrons. The summed E-state index contributed by atoms with van der Waals surface area (Å²) in [6.07, 6.45) is 0. The van der Waals surface area contributed by atoms with Crippen molar-refractivity contribution in [2.24, 2.45) is 0 Å². The standard InChI is InChI=1S/C11H7BrN2O4/c1-6(12)5-13-9-3-2-7(14(17)18)4-8(9)10(15)11(13)16/h2-4H,1,5H2. The van der Waals surface area contributed by atoms with Gasteiger partial charge in [0, 0.05) is 16.6 Å². The van der Waals surface area contributed by atoms with Crippen molar-refractivity contribution in [3.05, 3.63) is 44.9 Å². The molecule has 2 rings (SSSR count). The topological polar surface area (TPSA) is 80.5 Å². The van der Waals surface area contributed by atoms with Gasteiger partial charge in [0.25, 0.3) is 17.4 Å². The molecule has 1 aromatic rings. The number of rotatable bonds is 3. The molecule has 0 fully saturated rings. The van der Waals surface area contributed by atoms with Crippen LogP contribution < -0.4 is 4.90 Å². The first kappa shape index (κ1) is 12.4. The molecule has 7 heteroatoms. The Morgan fingerprint density at radius 3 is 2.67 bits per heavy atom. The first-order valence-electron chi connectivity index (χ1n) is 4.89. The summed E-state index contributed by atoms with van der Waals surface area (Å²) in [6, 6.07) is 3.77. The Balaban J connectivity index is 2.51. The van der Waals surface area contributed by atoms with E-state index in [0.29, 0.717) is 10.2 Å². The summed E-state index contributed by atoms with van der Waals surface area (Å²) in [5.41, 5.74) is 0.216. The van der Waals surface area contributed by atoms with Crippen molar-refractivity contribution < 1.29 is 14.5 Å². The Labute approximate surface area is 110 Å². The van der Waals surface area contributed by atoms with Crippen LogP contribution in [-0.2, 0) is 4.79 Å². The molecular weight excluding hydrogens is 304 g/mol. The van der Waals surface area contributed by atoms with Crippen molar-refractivity contribution in [2.45, 2.75) is 0 Å². The number of nitro groups is 1. The van der Waals surface area contributed by atoms with Crippen LogP contribution in [0.15, 0.2) is 29.3 Å². The maximum Gasteiger partial charge on any atom is 0.299 e. The van der Waals surface area contributed by atoms with Gasteiger partial charge >= 0.3 is 0 Å². The highest BCUT2D eigenvalue weighted by Gasteiger charge is 2.36. The number of halogens is 1. The first-order chi connectivity index (χ1) is 8.41. The molecule has 1 heterocycles. The van der Waals surface area contributed by atoms with Crippen molar-refractivity contribution in [2.75, 3.05) is 11.4 Å². The number of amides is 1. The Kier molecular flexibility index (Phi) is 3.00. The van der Waals surface area contributed by atoms with Crippen molar-refractivity contribution in [1.82, 2.24) is 0 Å². The van der Waals surface area contributed by atoms with Crippen LogP contribution in [-0.4, -0.2) is 23.2 Å². The van der Waals surface area contributed by atoms with E-state index in [0.717, 1.165) is 6.07 Å². The summed E-state index contributed by atoms with van der Waals surface area (Å²) in [5, 5.41) is 10.6. The van der Waals surface area contributed by atoms with Gasteiger partial charge in [-0.05, 0) is 6.07 Å². The van der Waals surface area contributed by atoms with E-state index in [9.17, 15) is 19.7 Å². The number of Topliss-reactive ketones (excluding diaryl/α,β-unsaturated/α-hetero) is 1. The molecule has 0 radical (unpaired) electrons. The minimum Gasteiger partial charge on any atom is -0.300 e. The number of hydrogen-bond acceptors (Lipinski definition) is 4. The van der Waals surface area contributed by atoms with E-state index in [2.05, 4.69) is 22.5 Å². The van der Waals surface area contributed by atoms with E-state index in [1.54, 1.807) is 0 Å². The minimum absolute atomic E-state index is 0.0583. The van der Waals surface area contributed by atoms with Gasteiger partial charge in [-0.25, -0.2) is 0 Å². The molecule has 0 aromatic heterocycles. The summed E-state index contributed by atoms with van der Waals surface area (Å²) >= 11 is 3.11. The highest BCUT2D eigenvalue weighted by Crippen LogP contribution is 2.32. The number of fused-ring (bicyclic) bond motifs is 1. The zero-order valence-corrected chi connectivity index (χ0v) is 10.6. The maximum absolute atomic E-state index is 11.7. The molecule has 0 aliphatic carbocycles. The number of carbonyl (C=O) groups excluding carboxylic acids is 2. The van der Waals surface area contributed by atoms with Gasteiger partial charge in [-0.2, -0.15) is 0 Å². The van der Waals surface area contributed by atoms with E-state index in [1.807, 2.05) is 0 Å². The Morgan fingerprint density at radius 2 is 2.11 bits per heavy atom. The van der Waals surface area contributed by atoms with Crippen LogP contribution in [0.2, 0.25) is 0 Å². The minimum atomic E-state index is -0.734. The van der Waals surface area contributed by atoms with Crippen LogP contribution in [0.1, 0.15) is 10.4 Å². The lowest BCUT2D eigenvalue weighted by atomic mass is 10.1. The molecule has 0 N–H and O–H groups in total. The second-order valence-corrected chi connectivity index (χ2v) is 4.82. The monoisotopic (exact) mass is 310 g/mol. The number of carbonyl (C=O) groups is 2. The molecule has 1 amide bonds. The molecule has 0 unspecified atom stereocenters. The quantitative estimate of drug-likeness (QED) is 0.486. The Bertz CT molecular complexity index is 597. The number of hydrogen-bond donors (Lipinski definition) is 0. The predicted molar refractivity (Wildman–Crippen MR) is 67.8 cm³/mol. The van der Waals surface area contributed by atoms with Gasteiger partial charge in [-0.1, -0.05) is 22.5 Å². The number of non-ortho nitro benzene ring substituents is 1. The first-order valence-corrected chi connectivity index (χ1v) is 5.69. The van der Waals surface area contributed by atoms with Crippen LogP contribution in [0.4, 0.5) is 11.4 Å². The van der Waals surface area contributed by atoms with Gasteiger partial charge in [-0.3, -0.25) is 24.6 Å². The average molecular weight is 311 g/mol. The highest BCUT2D eigenvalue weighted by atomic mass is 79.9. The summed E-state index contributed by atoms with van der Waals surface area (Å²) in [5.74, 6) is -1.44. The molecule has 0 saturated carbocycles. The Morgan fingerprint density at radius 1 is 1.44 bits per heavy atom. The summed E-state index contributed by atoms with van der Waals surface area (Å²) in [7, 11) is 0. The fraction of sp³-hybridized carbons (Fsp3) is 0.0909. The molecule has 0 atom stereocenters. The molecule has 18 heavy (non-hydrogen) atoms. The smallest absolute Gasteiger partial charge is 0.299 e. The molecule has 6 nitrogen and oxygen atoms in total. The van der Waals surface area contributed by atoms with E-state index in [4.69, 9.17) is 0 Å². The molecule has 1 aliphatic heterocycles. The van der Waals surface area contributed by atoms with E-state index in [-0.39, 0.29) is 17.8 Å². The molecule has 1 aliphatic rings. The van der Waals surface area contributed by atoms with Gasteiger partial charge in [0.05, 0.1) is 22.7 Å². The van der Waals surface area contributed by atoms with Crippen LogP contribution in [0.3, 0.4) is 0 Å². The SMILES string of the molecule is C=C(Br)CN1C(=O)C(=O)c2cc([N+](=O)[O-])ccc21. The predicted octanol–water partition coefficient (Wildman–Crippen LogP) is 2.03. The summed E-state index contributed by atoms with van der Waals surface area (Å²) in [4.78, 5) is 34.7. The van der Waals surface area contributed by atoms with Crippen LogP contribution in [0.25, 0.3) is 0 Å². The van der Waals surface area contributed by atoms with Crippen LogP contribution in [0.5, 0.6) is 0 Å². The van der Waals surface area contributed by atoms with Crippen LogP contribution >= 0.6 is 15.9 Å². The average Bonchev–Trinajstić information content (AvgIpc) is 2.54. The van der Waals surface area contributed by atoms with Gasteiger partial charge in [0.2, 0.25) is 0 Å². The third-order valence-corrected chi connectivity index (χ3v) is 2.75. The largest absolute Gasteiger partial charge is 0.300 e. The van der Waals surface area contributed by atoms with Crippen molar-refractivity contribution in [3.63, 3.8) is 0 Å². The molecule has 0 saturated heterocycles. The second kappa shape index (κ2) is 4.34. The van der Waals surface area contributed by atoms with Gasteiger partial charge in [0.15, 0.2) is 0 Å². The maximum atomic E-state index is 11.7. The van der Waals surface area contributed by atoms with E-state index in [1.165, 1.54) is 17.0 Å². The normalized spacial score (nSPS) is 13.7. The van der Waals surface area contributed by atoms with Crippen LogP contribution in [0, 0.1) is 10.1 Å². The van der Waals surface area contributed by atoms with Crippen molar-refractivity contribution in [3.8, 4) is 0 Å². The highest BCUT2D eigenvalue weighted by molar-refractivity contribution is 9.11. The molecule has 0 spiro atoms. The third-order valence-electron chi connectivity index (χ3n) is 2.50. The lowest BCUT2D eigenvalue weighted by Gasteiger charge is -2.15. The molecular formula is C11H7BrN2O4. The summed E-state index contributed by atoms with van der Waals surface area (Å²) in [6.45, 7) is 3.75. The fourth-order valence-electron chi connectivity index (χ4n) is 1.73. The summed E-state index contributed by atoms with van der Waals surface area (Å²) < 4.78 is 0.537. The zero-order valence-electron chi connectivity index (χ0n) is 9.05. The van der Waals surface area contributed by atoms with E-state index >= 15 is 0 Å². The third kappa shape index (κ3) is 1.92. The van der Waals surface area contributed by atoms with E-state index < -0.39 is 16.6 Å². The van der Waals surface area contributed by atoms with Gasteiger partial charge in [0.1, 0.15) is 0 Å². The number of ketones is 1. The fourth-order valence-corrected chi connectivity index (χ4v) is 1.98. The lowest BCUT2D eigenvalue weighted by Crippen LogP contribution is -2.30. The molecule has 1 aromatic carbocycles. The number of nitro benzene ring substituents is 1.